The van der Waals surface area contributed by atoms with Crippen molar-refractivity contribution in [1.29, 1.82) is 0 Å². The van der Waals surface area contributed by atoms with Crippen molar-refractivity contribution >= 4 is 27.3 Å². The molecule has 2 fully saturated rings. The van der Waals surface area contributed by atoms with E-state index in [-0.39, 0.29) is 0 Å². The fourth-order valence-corrected chi connectivity index (χ4v) is 4.00. The lowest BCUT2D eigenvalue weighted by molar-refractivity contribution is 0.440. The summed E-state index contributed by atoms with van der Waals surface area (Å²) >= 11 is 3.58. The van der Waals surface area contributed by atoms with E-state index >= 15 is 0 Å². The van der Waals surface area contributed by atoms with Crippen molar-refractivity contribution in [2.45, 2.75) is 31.7 Å². The molecule has 0 heterocycles. The van der Waals surface area contributed by atoms with E-state index in [1.807, 2.05) is 0 Å². The molecule has 3 rings (SSSR count). The summed E-state index contributed by atoms with van der Waals surface area (Å²) in [5.74, 6) is 1.89. The molecular formula is C15H21BrN2. The first-order valence-electron chi connectivity index (χ1n) is 6.87. The second-order valence-corrected chi connectivity index (χ2v) is 6.90. The number of halogens is 1. The SMILES string of the molecule is CN(C)c1ccc(Br)cc1NC1CC2CCC1C2. The number of hydrogen-bond acceptors (Lipinski definition) is 2. The van der Waals surface area contributed by atoms with Crippen molar-refractivity contribution in [2.75, 3.05) is 24.3 Å². The fourth-order valence-electron chi connectivity index (χ4n) is 3.64. The molecule has 0 aromatic heterocycles. The maximum Gasteiger partial charge on any atom is 0.0597 e. The monoisotopic (exact) mass is 308 g/mol. The Labute approximate surface area is 118 Å². The van der Waals surface area contributed by atoms with Crippen LogP contribution in [-0.4, -0.2) is 20.1 Å². The van der Waals surface area contributed by atoms with Crippen LogP contribution in [0.5, 0.6) is 0 Å². The van der Waals surface area contributed by atoms with Crippen molar-refractivity contribution in [3.8, 4) is 0 Å². The number of nitrogens with one attached hydrogen (secondary N) is 1. The summed E-state index contributed by atoms with van der Waals surface area (Å²) in [6, 6.07) is 7.19. The predicted octanol–water partition coefficient (Wildman–Crippen LogP) is 4.12. The summed E-state index contributed by atoms with van der Waals surface area (Å²) in [6.45, 7) is 0. The lowest BCUT2D eigenvalue weighted by atomic mass is 9.95. The average Bonchev–Trinajstić information content (AvgIpc) is 2.90. The van der Waals surface area contributed by atoms with Gasteiger partial charge >= 0.3 is 0 Å². The molecule has 1 N–H and O–H groups in total. The third-order valence-electron chi connectivity index (χ3n) is 4.52. The number of nitrogens with zero attached hydrogens (tertiary/aromatic N) is 1. The summed E-state index contributed by atoms with van der Waals surface area (Å²) in [6.07, 6.45) is 5.70. The van der Waals surface area contributed by atoms with Gasteiger partial charge in [-0.25, -0.2) is 0 Å². The Morgan fingerprint density at radius 1 is 1.22 bits per heavy atom. The van der Waals surface area contributed by atoms with Crippen molar-refractivity contribution in [3.63, 3.8) is 0 Å². The van der Waals surface area contributed by atoms with Crippen LogP contribution in [0.4, 0.5) is 11.4 Å². The molecule has 0 saturated heterocycles. The van der Waals surface area contributed by atoms with Crippen LogP contribution >= 0.6 is 15.9 Å². The van der Waals surface area contributed by atoms with Crippen LogP contribution in [0.15, 0.2) is 22.7 Å². The van der Waals surface area contributed by atoms with Gasteiger partial charge in [-0.3, -0.25) is 0 Å². The molecule has 1 aromatic carbocycles. The molecule has 2 bridgehead atoms. The quantitative estimate of drug-likeness (QED) is 0.903. The fraction of sp³-hybridized carbons (Fsp3) is 0.600. The normalized spacial score (nSPS) is 29.6. The minimum absolute atomic E-state index is 0.691. The summed E-state index contributed by atoms with van der Waals surface area (Å²) in [4.78, 5) is 2.18. The third kappa shape index (κ3) is 2.25. The zero-order valence-electron chi connectivity index (χ0n) is 11.1. The maximum absolute atomic E-state index is 3.79. The van der Waals surface area contributed by atoms with Crippen LogP contribution in [-0.2, 0) is 0 Å². The van der Waals surface area contributed by atoms with E-state index in [2.05, 4.69) is 58.4 Å². The van der Waals surface area contributed by atoms with Crippen LogP contribution in [0.1, 0.15) is 25.7 Å². The van der Waals surface area contributed by atoms with E-state index in [9.17, 15) is 0 Å². The van der Waals surface area contributed by atoms with Gasteiger partial charge in [0, 0.05) is 24.6 Å². The Balaban J connectivity index is 1.81. The summed E-state index contributed by atoms with van der Waals surface area (Å²) in [5.41, 5.74) is 2.55. The molecular weight excluding hydrogens is 288 g/mol. The van der Waals surface area contributed by atoms with Gasteiger partial charge in [0.15, 0.2) is 0 Å². The van der Waals surface area contributed by atoms with E-state index in [1.165, 1.54) is 37.1 Å². The smallest absolute Gasteiger partial charge is 0.0597 e. The van der Waals surface area contributed by atoms with E-state index in [0.29, 0.717) is 6.04 Å². The zero-order chi connectivity index (χ0) is 12.7. The highest BCUT2D eigenvalue weighted by molar-refractivity contribution is 9.10. The van der Waals surface area contributed by atoms with Crippen LogP contribution in [0.3, 0.4) is 0 Å². The molecule has 0 spiro atoms. The first kappa shape index (κ1) is 12.3. The molecule has 3 heteroatoms. The van der Waals surface area contributed by atoms with Gasteiger partial charge in [0.1, 0.15) is 0 Å². The molecule has 2 aliphatic rings. The summed E-state index contributed by atoms with van der Waals surface area (Å²) in [5, 5.41) is 3.79. The second-order valence-electron chi connectivity index (χ2n) is 5.98. The van der Waals surface area contributed by atoms with Crippen molar-refractivity contribution in [2.24, 2.45) is 11.8 Å². The van der Waals surface area contributed by atoms with E-state index < -0.39 is 0 Å². The molecule has 2 saturated carbocycles. The number of rotatable bonds is 3. The highest BCUT2D eigenvalue weighted by Gasteiger charge is 2.39. The minimum Gasteiger partial charge on any atom is -0.380 e. The zero-order valence-corrected chi connectivity index (χ0v) is 12.7. The summed E-state index contributed by atoms with van der Waals surface area (Å²) < 4.78 is 1.15. The molecule has 3 unspecified atom stereocenters. The van der Waals surface area contributed by atoms with Gasteiger partial charge in [0.2, 0.25) is 0 Å². The molecule has 3 atom stereocenters. The van der Waals surface area contributed by atoms with Crippen LogP contribution in [0.2, 0.25) is 0 Å². The van der Waals surface area contributed by atoms with Gasteiger partial charge in [-0.1, -0.05) is 22.4 Å². The van der Waals surface area contributed by atoms with Gasteiger partial charge in [0.05, 0.1) is 11.4 Å². The first-order chi connectivity index (χ1) is 8.63. The lowest BCUT2D eigenvalue weighted by Crippen LogP contribution is -2.27. The Kier molecular flexibility index (Phi) is 3.27. The van der Waals surface area contributed by atoms with Crippen LogP contribution in [0.25, 0.3) is 0 Å². The maximum atomic E-state index is 3.79. The average molecular weight is 309 g/mol. The molecule has 98 valence electrons. The van der Waals surface area contributed by atoms with E-state index in [1.54, 1.807) is 0 Å². The molecule has 18 heavy (non-hydrogen) atoms. The molecule has 0 aliphatic heterocycles. The minimum atomic E-state index is 0.691. The van der Waals surface area contributed by atoms with Gasteiger partial charge in [-0.05, 0) is 49.3 Å². The molecule has 1 aromatic rings. The largest absolute Gasteiger partial charge is 0.380 e. The molecule has 2 aliphatic carbocycles. The third-order valence-corrected chi connectivity index (χ3v) is 5.01. The highest BCUT2D eigenvalue weighted by Crippen LogP contribution is 2.46. The Bertz CT molecular complexity index is 444. The van der Waals surface area contributed by atoms with Gasteiger partial charge < -0.3 is 10.2 Å². The number of fused-ring (bicyclic) bond motifs is 2. The predicted molar refractivity (Wildman–Crippen MR) is 81.3 cm³/mol. The highest BCUT2D eigenvalue weighted by atomic mass is 79.9. The first-order valence-corrected chi connectivity index (χ1v) is 7.66. The Morgan fingerprint density at radius 3 is 2.67 bits per heavy atom. The van der Waals surface area contributed by atoms with Crippen molar-refractivity contribution in [3.05, 3.63) is 22.7 Å². The number of anilines is 2. The van der Waals surface area contributed by atoms with Gasteiger partial charge in [-0.15, -0.1) is 0 Å². The van der Waals surface area contributed by atoms with Crippen LogP contribution in [0, 0.1) is 11.8 Å². The van der Waals surface area contributed by atoms with E-state index in [4.69, 9.17) is 0 Å². The lowest BCUT2D eigenvalue weighted by Gasteiger charge is -2.27. The summed E-state index contributed by atoms with van der Waals surface area (Å²) in [7, 11) is 4.21. The van der Waals surface area contributed by atoms with Crippen LogP contribution < -0.4 is 10.2 Å². The van der Waals surface area contributed by atoms with Gasteiger partial charge in [-0.2, -0.15) is 0 Å². The molecule has 2 nitrogen and oxygen atoms in total. The van der Waals surface area contributed by atoms with Gasteiger partial charge in [0.25, 0.3) is 0 Å². The number of benzene rings is 1. The number of hydrogen-bond donors (Lipinski definition) is 1. The topological polar surface area (TPSA) is 15.3 Å². The Hall–Kier alpha value is -0.700. The van der Waals surface area contributed by atoms with Crippen molar-refractivity contribution in [1.82, 2.24) is 0 Å². The Morgan fingerprint density at radius 2 is 2.06 bits per heavy atom. The van der Waals surface area contributed by atoms with E-state index in [0.717, 1.165) is 16.3 Å². The molecule has 0 radical (unpaired) electrons. The second kappa shape index (κ2) is 4.76. The molecule has 0 amide bonds. The van der Waals surface area contributed by atoms with Crippen molar-refractivity contribution < 1.29 is 0 Å². The standard InChI is InChI=1S/C15H21BrN2/c1-18(2)15-6-5-12(16)9-14(15)17-13-8-10-3-4-11(13)7-10/h5-6,9-11,13,17H,3-4,7-8H2,1-2H3.